The van der Waals surface area contributed by atoms with Gasteiger partial charge in [0.2, 0.25) is 5.91 Å². The summed E-state index contributed by atoms with van der Waals surface area (Å²) >= 11 is 0. The minimum Gasteiger partial charge on any atom is -0.352 e. The van der Waals surface area contributed by atoms with Crippen molar-refractivity contribution >= 4 is 5.91 Å². The third kappa shape index (κ3) is 4.09. The largest absolute Gasteiger partial charge is 0.352 e. The van der Waals surface area contributed by atoms with Gasteiger partial charge in [-0.1, -0.05) is 12.1 Å². The highest BCUT2D eigenvalue weighted by molar-refractivity contribution is 5.78. The Morgan fingerprint density at radius 1 is 1.50 bits per heavy atom. The van der Waals surface area contributed by atoms with E-state index in [2.05, 4.69) is 5.32 Å². The van der Waals surface area contributed by atoms with E-state index in [0.29, 0.717) is 0 Å². The Morgan fingerprint density at radius 2 is 2.12 bits per heavy atom. The fourth-order valence-corrected chi connectivity index (χ4v) is 1.30. The lowest BCUT2D eigenvalue weighted by atomic mass is 10.1. The minimum absolute atomic E-state index is 0.155. The molecule has 0 aliphatic carbocycles. The van der Waals surface area contributed by atoms with E-state index in [0.717, 1.165) is 5.56 Å². The Morgan fingerprint density at radius 3 is 2.69 bits per heavy atom. The van der Waals surface area contributed by atoms with Crippen LogP contribution in [0, 0.1) is 17.1 Å². The van der Waals surface area contributed by atoms with E-state index in [4.69, 9.17) is 5.26 Å². The van der Waals surface area contributed by atoms with E-state index < -0.39 is 0 Å². The molecule has 0 saturated heterocycles. The first kappa shape index (κ1) is 12.2. The molecule has 16 heavy (non-hydrogen) atoms. The first-order chi connectivity index (χ1) is 7.61. The van der Waals surface area contributed by atoms with E-state index in [1.807, 2.05) is 6.07 Å². The van der Waals surface area contributed by atoms with Gasteiger partial charge in [0, 0.05) is 6.04 Å². The molecule has 0 aliphatic rings. The molecular formula is C12H13FN2O. The van der Waals surface area contributed by atoms with Gasteiger partial charge in [0.05, 0.1) is 18.9 Å². The van der Waals surface area contributed by atoms with Crippen LogP contribution in [0.25, 0.3) is 0 Å². The Labute approximate surface area is 93.9 Å². The van der Waals surface area contributed by atoms with E-state index >= 15 is 0 Å². The summed E-state index contributed by atoms with van der Waals surface area (Å²) in [6, 6.07) is 7.61. The summed E-state index contributed by atoms with van der Waals surface area (Å²) in [7, 11) is 0. The number of nitrogens with zero attached hydrogens (tertiary/aromatic N) is 1. The zero-order valence-electron chi connectivity index (χ0n) is 9.03. The molecule has 1 unspecified atom stereocenters. The van der Waals surface area contributed by atoms with Gasteiger partial charge in [-0.2, -0.15) is 5.26 Å². The van der Waals surface area contributed by atoms with E-state index in [-0.39, 0.29) is 30.6 Å². The number of carbonyl (C=O) groups excluding carboxylic acids is 1. The fourth-order valence-electron chi connectivity index (χ4n) is 1.30. The smallest absolute Gasteiger partial charge is 0.224 e. The van der Waals surface area contributed by atoms with Gasteiger partial charge in [0.25, 0.3) is 0 Å². The van der Waals surface area contributed by atoms with Gasteiger partial charge >= 0.3 is 0 Å². The highest BCUT2D eigenvalue weighted by Crippen LogP contribution is 2.03. The molecule has 0 spiro atoms. The molecule has 1 atom stereocenters. The maximum atomic E-state index is 12.6. The van der Waals surface area contributed by atoms with Crippen molar-refractivity contribution in [2.45, 2.75) is 25.8 Å². The van der Waals surface area contributed by atoms with Crippen LogP contribution >= 0.6 is 0 Å². The van der Waals surface area contributed by atoms with Crippen LogP contribution in [0.2, 0.25) is 0 Å². The van der Waals surface area contributed by atoms with Crippen LogP contribution in [-0.4, -0.2) is 11.9 Å². The van der Waals surface area contributed by atoms with E-state index in [1.165, 1.54) is 12.1 Å². The molecule has 0 bridgehead atoms. The number of benzene rings is 1. The molecule has 4 heteroatoms. The third-order valence-electron chi connectivity index (χ3n) is 2.08. The van der Waals surface area contributed by atoms with Crippen molar-refractivity contribution in [3.8, 4) is 6.07 Å². The van der Waals surface area contributed by atoms with Gasteiger partial charge in [-0.15, -0.1) is 0 Å². The standard InChI is InChI=1S/C12H13FN2O/c1-9(6-7-14)15-12(16)8-10-2-4-11(13)5-3-10/h2-5,9H,6,8H2,1H3,(H,15,16). The van der Waals surface area contributed by atoms with Gasteiger partial charge < -0.3 is 5.32 Å². The van der Waals surface area contributed by atoms with Gasteiger partial charge in [-0.3, -0.25) is 4.79 Å². The number of hydrogen-bond acceptors (Lipinski definition) is 2. The Balaban J connectivity index is 2.46. The number of halogens is 1. The van der Waals surface area contributed by atoms with Crippen molar-refractivity contribution < 1.29 is 9.18 Å². The molecule has 0 aliphatic heterocycles. The lowest BCUT2D eigenvalue weighted by molar-refractivity contribution is -0.121. The third-order valence-corrected chi connectivity index (χ3v) is 2.08. The average Bonchev–Trinajstić information content (AvgIpc) is 2.21. The first-order valence-corrected chi connectivity index (χ1v) is 5.02. The average molecular weight is 220 g/mol. The minimum atomic E-state index is -0.318. The summed E-state index contributed by atoms with van der Waals surface area (Å²) in [5.74, 6) is -0.476. The predicted octanol–water partition coefficient (Wildman–Crippen LogP) is 1.79. The van der Waals surface area contributed by atoms with E-state index in [1.54, 1.807) is 19.1 Å². The lowest BCUT2D eigenvalue weighted by Gasteiger charge is -2.09. The number of hydrogen-bond donors (Lipinski definition) is 1. The Bertz CT molecular complexity index is 394. The number of amides is 1. The number of rotatable bonds is 4. The number of nitriles is 1. The molecule has 1 aromatic carbocycles. The van der Waals surface area contributed by atoms with Crippen LogP contribution in [0.4, 0.5) is 4.39 Å². The molecule has 0 aromatic heterocycles. The van der Waals surface area contributed by atoms with Gasteiger partial charge in [-0.25, -0.2) is 4.39 Å². The molecule has 0 fully saturated rings. The highest BCUT2D eigenvalue weighted by atomic mass is 19.1. The van der Waals surface area contributed by atoms with Crippen molar-refractivity contribution in [3.63, 3.8) is 0 Å². The SMILES string of the molecule is CC(CC#N)NC(=O)Cc1ccc(F)cc1. The van der Waals surface area contributed by atoms with Crippen molar-refractivity contribution in [3.05, 3.63) is 35.6 Å². The second-order valence-electron chi connectivity index (χ2n) is 3.63. The van der Waals surface area contributed by atoms with Crippen LogP contribution in [0.5, 0.6) is 0 Å². The van der Waals surface area contributed by atoms with Crippen LogP contribution in [0.15, 0.2) is 24.3 Å². The summed E-state index contributed by atoms with van der Waals surface area (Å²) in [5, 5.41) is 11.1. The zero-order valence-corrected chi connectivity index (χ0v) is 9.03. The molecule has 1 N–H and O–H groups in total. The van der Waals surface area contributed by atoms with Crippen molar-refractivity contribution in [1.29, 1.82) is 5.26 Å². The summed E-state index contributed by atoms with van der Waals surface area (Å²) in [6.07, 6.45) is 0.491. The summed E-state index contributed by atoms with van der Waals surface area (Å²) < 4.78 is 12.6. The van der Waals surface area contributed by atoms with Crippen molar-refractivity contribution in [2.24, 2.45) is 0 Å². The van der Waals surface area contributed by atoms with E-state index in [9.17, 15) is 9.18 Å². The maximum Gasteiger partial charge on any atom is 0.224 e. The molecule has 1 aromatic rings. The zero-order chi connectivity index (χ0) is 12.0. The molecule has 84 valence electrons. The molecule has 3 nitrogen and oxygen atoms in total. The highest BCUT2D eigenvalue weighted by Gasteiger charge is 2.07. The summed E-state index contributed by atoms with van der Waals surface area (Å²) in [6.45, 7) is 1.77. The monoisotopic (exact) mass is 220 g/mol. The molecule has 1 rings (SSSR count). The van der Waals surface area contributed by atoms with Crippen LogP contribution in [0.1, 0.15) is 18.9 Å². The predicted molar refractivity (Wildman–Crippen MR) is 57.9 cm³/mol. The fraction of sp³-hybridized carbons (Fsp3) is 0.333. The Kier molecular flexibility index (Phi) is 4.46. The molecule has 0 radical (unpaired) electrons. The van der Waals surface area contributed by atoms with Crippen LogP contribution in [-0.2, 0) is 11.2 Å². The topological polar surface area (TPSA) is 52.9 Å². The normalized spacial score (nSPS) is 11.6. The van der Waals surface area contributed by atoms with Crippen LogP contribution in [0.3, 0.4) is 0 Å². The number of carbonyl (C=O) groups is 1. The van der Waals surface area contributed by atoms with Gasteiger partial charge in [0.15, 0.2) is 0 Å². The van der Waals surface area contributed by atoms with Crippen LogP contribution < -0.4 is 5.32 Å². The molecule has 1 amide bonds. The quantitative estimate of drug-likeness (QED) is 0.841. The van der Waals surface area contributed by atoms with Gasteiger partial charge in [-0.05, 0) is 24.6 Å². The molecule has 0 saturated carbocycles. The number of nitrogens with one attached hydrogen (secondary N) is 1. The van der Waals surface area contributed by atoms with Crippen molar-refractivity contribution in [2.75, 3.05) is 0 Å². The second-order valence-corrected chi connectivity index (χ2v) is 3.63. The summed E-state index contributed by atoms with van der Waals surface area (Å²) in [4.78, 5) is 11.5. The van der Waals surface area contributed by atoms with Crippen molar-refractivity contribution in [1.82, 2.24) is 5.32 Å². The first-order valence-electron chi connectivity index (χ1n) is 5.02. The second kappa shape index (κ2) is 5.86. The summed E-state index contributed by atoms with van der Waals surface area (Å²) in [5.41, 5.74) is 0.753. The maximum absolute atomic E-state index is 12.6. The Hall–Kier alpha value is -1.89. The molecular weight excluding hydrogens is 207 g/mol. The molecule has 0 heterocycles. The lowest BCUT2D eigenvalue weighted by Crippen LogP contribution is -2.33. The van der Waals surface area contributed by atoms with Gasteiger partial charge in [0.1, 0.15) is 5.82 Å².